The Balaban J connectivity index is 1.92. The highest BCUT2D eigenvalue weighted by molar-refractivity contribution is 7.09. The van der Waals surface area contributed by atoms with Crippen molar-refractivity contribution in [2.45, 2.75) is 38.6 Å². The Labute approximate surface area is 132 Å². The molecule has 0 saturated heterocycles. The van der Waals surface area contributed by atoms with Gasteiger partial charge in [0.05, 0.1) is 7.11 Å². The Hall–Kier alpha value is -1.32. The van der Waals surface area contributed by atoms with Gasteiger partial charge in [-0.2, -0.15) is 0 Å². The summed E-state index contributed by atoms with van der Waals surface area (Å²) in [5, 5.41) is 5.82. The first kappa shape index (κ1) is 16.1. The molecule has 0 fully saturated rings. The summed E-state index contributed by atoms with van der Waals surface area (Å²) >= 11 is 1.86. The van der Waals surface area contributed by atoms with Crippen LogP contribution in [0, 0.1) is 0 Å². The Morgan fingerprint density at radius 3 is 2.62 bits per heavy atom. The highest BCUT2D eigenvalue weighted by Gasteiger charge is 2.10. The van der Waals surface area contributed by atoms with Crippen molar-refractivity contribution in [2.75, 3.05) is 13.7 Å². The van der Waals surface area contributed by atoms with Gasteiger partial charge in [0.25, 0.3) is 0 Å². The third kappa shape index (κ3) is 5.18. The standard InChI is InChI=1S/C18H25NOS/c1-3-13-19-18(8-4-6-17-7-5-14-21-17)15-9-11-16(20-2)12-10-15/h5,7,9-12,14,18-19H,3-4,6,8,13H2,1-2H3. The second kappa shape index (κ2) is 8.85. The van der Waals surface area contributed by atoms with Crippen molar-refractivity contribution in [2.24, 2.45) is 0 Å². The van der Waals surface area contributed by atoms with Gasteiger partial charge in [-0.15, -0.1) is 11.3 Å². The zero-order valence-electron chi connectivity index (χ0n) is 13.0. The first-order valence-corrected chi connectivity index (χ1v) is 8.61. The lowest BCUT2D eigenvalue weighted by atomic mass is 10.0. The van der Waals surface area contributed by atoms with E-state index in [9.17, 15) is 0 Å². The van der Waals surface area contributed by atoms with E-state index in [1.54, 1.807) is 7.11 Å². The van der Waals surface area contributed by atoms with Crippen molar-refractivity contribution in [1.29, 1.82) is 0 Å². The van der Waals surface area contributed by atoms with Gasteiger partial charge >= 0.3 is 0 Å². The van der Waals surface area contributed by atoms with E-state index in [2.05, 4.69) is 54.0 Å². The van der Waals surface area contributed by atoms with Crippen LogP contribution in [0.4, 0.5) is 0 Å². The summed E-state index contributed by atoms with van der Waals surface area (Å²) in [5.74, 6) is 0.923. The van der Waals surface area contributed by atoms with E-state index in [1.165, 1.54) is 29.7 Å². The van der Waals surface area contributed by atoms with Crippen LogP contribution in [-0.2, 0) is 6.42 Å². The zero-order valence-corrected chi connectivity index (χ0v) is 13.8. The SMILES string of the molecule is CCCNC(CCCc1cccs1)c1ccc(OC)cc1. The molecule has 1 aromatic carbocycles. The quantitative estimate of drug-likeness (QED) is 0.717. The van der Waals surface area contributed by atoms with Crippen molar-refractivity contribution in [3.8, 4) is 5.75 Å². The van der Waals surface area contributed by atoms with Crippen molar-refractivity contribution in [3.63, 3.8) is 0 Å². The maximum absolute atomic E-state index is 5.24. The number of nitrogens with one attached hydrogen (secondary N) is 1. The van der Waals surface area contributed by atoms with E-state index < -0.39 is 0 Å². The number of rotatable bonds is 9. The summed E-state index contributed by atoms with van der Waals surface area (Å²) in [6.45, 7) is 3.28. The molecule has 2 aromatic rings. The van der Waals surface area contributed by atoms with Crippen LogP contribution in [0.2, 0.25) is 0 Å². The molecule has 0 amide bonds. The van der Waals surface area contributed by atoms with Gasteiger partial charge < -0.3 is 10.1 Å². The van der Waals surface area contributed by atoms with E-state index in [-0.39, 0.29) is 0 Å². The molecule has 2 nitrogen and oxygen atoms in total. The fourth-order valence-corrected chi connectivity index (χ4v) is 3.23. The molecule has 114 valence electrons. The molecule has 0 radical (unpaired) electrons. The molecule has 1 N–H and O–H groups in total. The molecule has 0 aliphatic heterocycles. The minimum Gasteiger partial charge on any atom is -0.497 e. The summed E-state index contributed by atoms with van der Waals surface area (Å²) in [5.41, 5.74) is 1.36. The Kier molecular flexibility index (Phi) is 6.77. The lowest BCUT2D eigenvalue weighted by Crippen LogP contribution is -2.22. The number of hydrogen-bond donors (Lipinski definition) is 1. The number of thiophene rings is 1. The summed E-state index contributed by atoms with van der Waals surface area (Å²) in [4.78, 5) is 1.49. The molecule has 3 heteroatoms. The molecule has 0 spiro atoms. The fraction of sp³-hybridized carbons (Fsp3) is 0.444. The summed E-state index contributed by atoms with van der Waals surface area (Å²) < 4.78 is 5.24. The van der Waals surface area contributed by atoms with Crippen molar-refractivity contribution >= 4 is 11.3 Å². The Bertz CT molecular complexity index is 492. The highest BCUT2D eigenvalue weighted by atomic mass is 32.1. The molecule has 0 aliphatic carbocycles. The van der Waals surface area contributed by atoms with Crippen LogP contribution >= 0.6 is 11.3 Å². The minimum atomic E-state index is 0.441. The van der Waals surface area contributed by atoms with Crippen LogP contribution in [0.25, 0.3) is 0 Å². The maximum atomic E-state index is 5.24. The van der Waals surface area contributed by atoms with E-state index in [0.717, 1.165) is 18.7 Å². The molecule has 0 aliphatic rings. The number of aryl methyl sites for hydroxylation is 1. The lowest BCUT2D eigenvalue weighted by molar-refractivity contribution is 0.414. The number of methoxy groups -OCH3 is 1. The average Bonchev–Trinajstić information content (AvgIpc) is 3.04. The molecule has 1 unspecified atom stereocenters. The van der Waals surface area contributed by atoms with Gasteiger partial charge in [-0.05, 0) is 61.4 Å². The molecular formula is C18H25NOS. The third-order valence-electron chi connectivity index (χ3n) is 3.65. The largest absolute Gasteiger partial charge is 0.497 e. The van der Waals surface area contributed by atoms with Gasteiger partial charge in [0.1, 0.15) is 5.75 Å². The smallest absolute Gasteiger partial charge is 0.118 e. The van der Waals surface area contributed by atoms with Crippen LogP contribution in [0.1, 0.15) is 42.7 Å². The van der Waals surface area contributed by atoms with Crippen LogP contribution in [-0.4, -0.2) is 13.7 Å². The van der Waals surface area contributed by atoms with E-state index in [1.807, 2.05) is 11.3 Å². The lowest BCUT2D eigenvalue weighted by Gasteiger charge is -2.19. The summed E-state index contributed by atoms with van der Waals surface area (Å²) in [6, 6.07) is 13.3. The second-order valence-corrected chi connectivity index (χ2v) is 6.28. The number of ether oxygens (including phenoxy) is 1. The first-order valence-electron chi connectivity index (χ1n) is 7.73. The van der Waals surface area contributed by atoms with Gasteiger partial charge in [0.2, 0.25) is 0 Å². The van der Waals surface area contributed by atoms with Crippen LogP contribution in [0.5, 0.6) is 5.75 Å². The average molecular weight is 303 g/mol. The van der Waals surface area contributed by atoms with Gasteiger partial charge in [0, 0.05) is 10.9 Å². The molecule has 0 saturated carbocycles. The van der Waals surface area contributed by atoms with Crippen molar-refractivity contribution < 1.29 is 4.74 Å². The molecule has 1 aromatic heterocycles. The minimum absolute atomic E-state index is 0.441. The molecule has 21 heavy (non-hydrogen) atoms. The van der Waals surface area contributed by atoms with Gasteiger partial charge in [-0.3, -0.25) is 0 Å². The topological polar surface area (TPSA) is 21.3 Å². The van der Waals surface area contributed by atoms with Gasteiger partial charge in [0.15, 0.2) is 0 Å². The molecule has 1 heterocycles. The van der Waals surface area contributed by atoms with Crippen LogP contribution < -0.4 is 10.1 Å². The van der Waals surface area contributed by atoms with Crippen LogP contribution in [0.15, 0.2) is 41.8 Å². The highest BCUT2D eigenvalue weighted by Crippen LogP contribution is 2.23. The predicted molar refractivity (Wildman–Crippen MR) is 91.3 cm³/mol. The van der Waals surface area contributed by atoms with Gasteiger partial charge in [-0.25, -0.2) is 0 Å². The second-order valence-electron chi connectivity index (χ2n) is 5.25. The summed E-state index contributed by atoms with van der Waals surface area (Å²) in [6.07, 6.45) is 4.73. The normalized spacial score (nSPS) is 12.3. The molecular weight excluding hydrogens is 278 g/mol. The maximum Gasteiger partial charge on any atom is 0.118 e. The fourth-order valence-electron chi connectivity index (χ4n) is 2.48. The van der Waals surface area contributed by atoms with Gasteiger partial charge in [-0.1, -0.05) is 25.1 Å². The van der Waals surface area contributed by atoms with Crippen molar-refractivity contribution in [3.05, 3.63) is 52.2 Å². The predicted octanol–water partition coefficient (Wildman–Crippen LogP) is 4.82. The molecule has 0 bridgehead atoms. The van der Waals surface area contributed by atoms with Crippen molar-refractivity contribution in [1.82, 2.24) is 5.32 Å². The Morgan fingerprint density at radius 2 is 2.00 bits per heavy atom. The third-order valence-corrected chi connectivity index (χ3v) is 4.59. The van der Waals surface area contributed by atoms with E-state index >= 15 is 0 Å². The monoisotopic (exact) mass is 303 g/mol. The number of benzene rings is 1. The first-order chi connectivity index (χ1) is 10.3. The number of hydrogen-bond acceptors (Lipinski definition) is 3. The molecule has 2 rings (SSSR count). The van der Waals surface area contributed by atoms with E-state index in [0.29, 0.717) is 6.04 Å². The summed E-state index contributed by atoms with van der Waals surface area (Å²) in [7, 11) is 1.71. The van der Waals surface area contributed by atoms with E-state index in [4.69, 9.17) is 4.74 Å². The van der Waals surface area contributed by atoms with Crippen LogP contribution in [0.3, 0.4) is 0 Å². The molecule has 1 atom stereocenters. The zero-order chi connectivity index (χ0) is 14.9. The Morgan fingerprint density at radius 1 is 1.19 bits per heavy atom.